The van der Waals surface area contributed by atoms with Crippen molar-refractivity contribution < 1.29 is 14.7 Å². The van der Waals surface area contributed by atoms with Gasteiger partial charge in [-0.25, -0.2) is 0 Å². The molecule has 1 fully saturated rings. The molecule has 1 saturated heterocycles. The molecular formula is C24H23N3O3S. The fraction of sp³-hybridized carbons (Fsp3) is 0.250. The maximum Gasteiger partial charge on any atom is 0.301 e. The van der Waals surface area contributed by atoms with Gasteiger partial charge >= 0.3 is 5.91 Å². The van der Waals surface area contributed by atoms with Crippen molar-refractivity contribution in [1.29, 1.82) is 0 Å². The quantitative estimate of drug-likeness (QED) is 0.365. The minimum atomic E-state index is -0.789. The van der Waals surface area contributed by atoms with Gasteiger partial charge in [-0.15, -0.1) is 10.2 Å². The Balaban J connectivity index is 1.90. The topological polar surface area (TPSA) is 83.4 Å². The summed E-state index contributed by atoms with van der Waals surface area (Å²) in [6.45, 7) is 8.29. The van der Waals surface area contributed by atoms with Gasteiger partial charge in [0.25, 0.3) is 5.78 Å². The number of anilines is 1. The van der Waals surface area contributed by atoms with Crippen LogP contribution in [-0.4, -0.2) is 27.0 Å². The lowest BCUT2D eigenvalue weighted by molar-refractivity contribution is -0.132. The molecule has 0 saturated carbocycles. The summed E-state index contributed by atoms with van der Waals surface area (Å²) in [6, 6.07) is 14.2. The Hall–Kier alpha value is -3.32. The average Bonchev–Trinajstić information content (AvgIpc) is 3.34. The monoisotopic (exact) mass is 433 g/mol. The van der Waals surface area contributed by atoms with Crippen molar-refractivity contribution in [2.45, 2.75) is 39.2 Å². The summed E-state index contributed by atoms with van der Waals surface area (Å²) in [5.41, 5.74) is 4.87. The van der Waals surface area contributed by atoms with Gasteiger partial charge in [-0.3, -0.25) is 14.5 Å². The summed E-state index contributed by atoms with van der Waals surface area (Å²) in [5, 5.41) is 19.2. The first-order chi connectivity index (χ1) is 14.7. The van der Waals surface area contributed by atoms with Crippen molar-refractivity contribution in [3.8, 4) is 0 Å². The van der Waals surface area contributed by atoms with E-state index in [1.54, 1.807) is 12.1 Å². The van der Waals surface area contributed by atoms with Crippen molar-refractivity contribution in [2.75, 3.05) is 4.90 Å². The van der Waals surface area contributed by atoms with Gasteiger partial charge in [-0.1, -0.05) is 86.2 Å². The number of hydrogen-bond donors (Lipinski definition) is 1. The molecule has 1 amide bonds. The van der Waals surface area contributed by atoms with Gasteiger partial charge in [-0.05, 0) is 23.5 Å². The third-order valence-corrected chi connectivity index (χ3v) is 6.11. The fourth-order valence-electron chi connectivity index (χ4n) is 3.65. The van der Waals surface area contributed by atoms with E-state index in [9.17, 15) is 14.7 Å². The van der Waals surface area contributed by atoms with Crippen LogP contribution >= 0.6 is 11.3 Å². The van der Waals surface area contributed by atoms with Crippen molar-refractivity contribution in [1.82, 2.24) is 10.2 Å². The maximum atomic E-state index is 13.0. The van der Waals surface area contributed by atoms with Gasteiger partial charge in [0.2, 0.25) is 5.13 Å². The molecule has 1 N–H and O–H groups in total. The van der Waals surface area contributed by atoms with Crippen molar-refractivity contribution >= 4 is 33.9 Å². The van der Waals surface area contributed by atoms with E-state index in [1.165, 1.54) is 21.7 Å². The Morgan fingerprint density at radius 1 is 1.03 bits per heavy atom. The highest BCUT2D eigenvalue weighted by Crippen LogP contribution is 2.42. The van der Waals surface area contributed by atoms with E-state index in [0.717, 1.165) is 16.7 Å². The highest BCUT2D eigenvalue weighted by molar-refractivity contribution is 7.13. The van der Waals surface area contributed by atoms with E-state index in [-0.39, 0.29) is 16.7 Å². The number of hydrogen-bond acceptors (Lipinski definition) is 6. The molecule has 6 nitrogen and oxygen atoms in total. The number of nitrogens with zero attached hydrogens (tertiary/aromatic N) is 3. The maximum absolute atomic E-state index is 13.0. The molecule has 1 aliphatic heterocycles. The zero-order chi connectivity index (χ0) is 22.3. The fourth-order valence-corrected chi connectivity index (χ4v) is 4.23. The highest BCUT2D eigenvalue weighted by atomic mass is 32.1. The number of carbonyl (C=O) groups is 2. The molecule has 0 bridgehead atoms. The first-order valence-corrected chi connectivity index (χ1v) is 10.8. The van der Waals surface area contributed by atoms with E-state index >= 15 is 0 Å². The SMILES string of the molecule is Cc1ccc(/C(O)=C2/C(=O)C(=O)N(c3nncs3)C2c2ccc(C(C)(C)C)cc2)cc1. The van der Waals surface area contributed by atoms with Crippen LogP contribution in [0.4, 0.5) is 5.13 Å². The number of aromatic nitrogens is 2. The predicted octanol–water partition coefficient (Wildman–Crippen LogP) is 4.77. The third-order valence-electron chi connectivity index (χ3n) is 5.42. The molecule has 0 radical (unpaired) electrons. The van der Waals surface area contributed by atoms with E-state index in [0.29, 0.717) is 10.7 Å². The lowest BCUT2D eigenvalue weighted by Crippen LogP contribution is -2.29. The number of ketones is 1. The van der Waals surface area contributed by atoms with Crippen LogP contribution in [0.2, 0.25) is 0 Å². The molecule has 1 aromatic heterocycles. The summed E-state index contributed by atoms with van der Waals surface area (Å²) < 4.78 is 0. The summed E-state index contributed by atoms with van der Waals surface area (Å²) in [7, 11) is 0. The average molecular weight is 434 g/mol. The second-order valence-corrected chi connectivity index (χ2v) is 9.44. The minimum absolute atomic E-state index is 0.0402. The van der Waals surface area contributed by atoms with Crippen LogP contribution in [0, 0.1) is 6.92 Å². The molecular weight excluding hydrogens is 410 g/mol. The second kappa shape index (κ2) is 7.74. The first-order valence-electron chi connectivity index (χ1n) is 9.93. The second-order valence-electron chi connectivity index (χ2n) is 8.63. The van der Waals surface area contributed by atoms with E-state index < -0.39 is 17.7 Å². The number of aliphatic hydroxyl groups is 1. The number of amides is 1. The Kier molecular flexibility index (Phi) is 5.23. The van der Waals surface area contributed by atoms with Crippen LogP contribution in [0.15, 0.2) is 59.6 Å². The highest BCUT2D eigenvalue weighted by Gasteiger charge is 2.48. The summed E-state index contributed by atoms with van der Waals surface area (Å²) in [5.74, 6) is -1.66. The first kappa shape index (κ1) is 20.9. The Labute approximate surface area is 184 Å². The molecule has 7 heteroatoms. The Bertz CT molecular complexity index is 1160. The Morgan fingerprint density at radius 3 is 2.23 bits per heavy atom. The van der Waals surface area contributed by atoms with Crippen molar-refractivity contribution in [3.05, 3.63) is 81.9 Å². The Morgan fingerprint density at radius 2 is 1.68 bits per heavy atom. The molecule has 3 aromatic rings. The number of aliphatic hydroxyl groups excluding tert-OH is 1. The largest absolute Gasteiger partial charge is 0.507 e. The molecule has 158 valence electrons. The van der Waals surface area contributed by atoms with Gasteiger partial charge in [-0.2, -0.15) is 0 Å². The molecule has 31 heavy (non-hydrogen) atoms. The van der Waals surface area contributed by atoms with Crippen LogP contribution in [0.5, 0.6) is 0 Å². The normalized spacial score (nSPS) is 18.6. The van der Waals surface area contributed by atoms with E-state index in [2.05, 4.69) is 31.0 Å². The number of aryl methyl sites for hydroxylation is 1. The molecule has 1 atom stereocenters. The van der Waals surface area contributed by atoms with Crippen LogP contribution in [0.25, 0.3) is 5.76 Å². The molecule has 0 spiro atoms. The smallest absolute Gasteiger partial charge is 0.301 e. The van der Waals surface area contributed by atoms with Gasteiger partial charge in [0.05, 0.1) is 11.6 Å². The van der Waals surface area contributed by atoms with Gasteiger partial charge in [0.1, 0.15) is 11.3 Å². The van der Waals surface area contributed by atoms with E-state index in [4.69, 9.17) is 0 Å². The van der Waals surface area contributed by atoms with Crippen molar-refractivity contribution in [3.63, 3.8) is 0 Å². The summed E-state index contributed by atoms with van der Waals surface area (Å²) >= 11 is 1.17. The van der Waals surface area contributed by atoms with Crippen molar-refractivity contribution in [2.24, 2.45) is 0 Å². The van der Waals surface area contributed by atoms with Gasteiger partial charge in [0, 0.05) is 5.56 Å². The zero-order valence-corrected chi connectivity index (χ0v) is 18.6. The summed E-state index contributed by atoms with van der Waals surface area (Å²) in [6.07, 6.45) is 0. The number of benzene rings is 2. The third kappa shape index (κ3) is 3.77. The van der Waals surface area contributed by atoms with E-state index in [1.807, 2.05) is 43.3 Å². The standard InChI is InChI=1S/C24H23N3O3S/c1-14-5-7-16(8-6-14)20(28)18-19(15-9-11-17(12-10-15)24(2,3)4)27(22(30)21(18)29)23-26-25-13-31-23/h5-13,19,28H,1-4H3/b20-18-. The molecule has 1 aliphatic rings. The number of Topliss-reactive ketones (excluding diaryl/α,β-unsaturated/α-hetero) is 1. The van der Waals surface area contributed by atoms with Crippen LogP contribution < -0.4 is 4.90 Å². The van der Waals surface area contributed by atoms with Gasteiger partial charge < -0.3 is 5.11 Å². The van der Waals surface area contributed by atoms with Gasteiger partial charge in [0.15, 0.2) is 0 Å². The van der Waals surface area contributed by atoms with Crippen LogP contribution in [-0.2, 0) is 15.0 Å². The predicted molar refractivity (Wildman–Crippen MR) is 121 cm³/mol. The number of carbonyl (C=O) groups excluding carboxylic acids is 2. The molecule has 4 rings (SSSR count). The summed E-state index contributed by atoms with van der Waals surface area (Å²) in [4.78, 5) is 27.4. The van der Waals surface area contributed by atoms with Crippen LogP contribution in [0.1, 0.15) is 49.1 Å². The number of rotatable bonds is 3. The zero-order valence-electron chi connectivity index (χ0n) is 17.8. The lowest BCUT2D eigenvalue weighted by Gasteiger charge is -2.24. The molecule has 2 aromatic carbocycles. The molecule has 1 unspecified atom stereocenters. The lowest BCUT2D eigenvalue weighted by atomic mass is 9.85. The molecule has 2 heterocycles. The molecule has 0 aliphatic carbocycles. The minimum Gasteiger partial charge on any atom is -0.507 e. The van der Waals surface area contributed by atoms with Crippen LogP contribution in [0.3, 0.4) is 0 Å².